The maximum Gasteiger partial charge on any atom is 0.261 e. The van der Waals surface area contributed by atoms with E-state index in [0.29, 0.717) is 18.1 Å². The zero-order chi connectivity index (χ0) is 18.6. The zero-order valence-electron chi connectivity index (χ0n) is 15.4. The maximum absolute atomic E-state index is 12.9. The van der Waals surface area contributed by atoms with Gasteiger partial charge in [-0.05, 0) is 43.5 Å². The van der Waals surface area contributed by atoms with Gasteiger partial charge in [0.15, 0.2) is 0 Å². The van der Waals surface area contributed by atoms with Gasteiger partial charge in [-0.1, -0.05) is 36.4 Å². The minimum absolute atomic E-state index is 0.0886. The maximum atomic E-state index is 12.9. The van der Waals surface area contributed by atoms with Crippen molar-refractivity contribution in [2.75, 3.05) is 22.9 Å². The van der Waals surface area contributed by atoms with Gasteiger partial charge in [-0.3, -0.25) is 4.79 Å². The Morgan fingerprint density at radius 1 is 1.04 bits per heavy atom. The lowest BCUT2D eigenvalue weighted by atomic mass is 10.0. The van der Waals surface area contributed by atoms with Gasteiger partial charge < -0.3 is 9.80 Å². The fourth-order valence-electron chi connectivity index (χ4n) is 3.52. The summed E-state index contributed by atoms with van der Waals surface area (Å²) < 4.78 is 0. The van der Waals surface area contributed by atoms with E-state index in [-0.39, 0.29) is 5.91 Å². The lowest BCUT2D eigenvalue weighted by Crippen LogP contribution is -2.31. The Kier molecular flexibility index (Phi) is 4.83. The molecule has 1 amide bonds. The number of hydrogen-bond acceptors (Lipinski definition) is 4. The number of carbonyl (C=O) groups excluding carboxylic acids is 1. The molecule has 136 valence electrons. The molecule has 1 aromatic heterocycles. The number of aromatic nitrogens is 2. The molecule has 0 saturated heterocycles. The molecular formula is C22H22N4O. The van der Waals surface area contributed by atoms with Crippen LogP contribution >= 0.6 is 0 Å². The first-order valence-electron chi connectivity index (χ1n) is 9.32. The summed E-state index contributed by atoms with van der Waals surface area (Å²) in [6.07, 6.45) is 5.41. The molecule has 0 radical (unpaired) electrons. The number of amides is 1. The molecule has 1 aliphatic heterocycles. The third kappa shape index (κ3) is 3.40. The van der Waals surface area contributed by atoms with E-state index in [9.17, 15) is 4.79 Å². The number of anilines is 3. The molecule has 0 unspecified atom stereocenters. The normalized spacial score (nSPS) is 13.1. The van der Waals surface area contributed by atoms with Gasteiger partial charge in [0.1, 0.15) is 0 Å². The lowest BCUT2D eigenvalue weighted by molar-refractivity contribution is 0.0987. The number of aryl methyl sites for hydroxylation is 1. The van der Waals surface area contributed by atoms with Crippen molar-refractivity contribution >= 4 is 23.2 Å². The van der Waals surface area contributed by atoms with Gasteiger partial charge in [0, 0.05) is 36.9 Å². The topological polar surface area (TPSA) is 49.3 Å². The lowest BCUT2D eigenvalue weighted by Gasteiger charge is -2.29. The Labute approximate surface area is 159 Å². The van der Waals surface area contributed by atoms with Crippen molar-refractivity contribution in [1.29, 1.82) is 0 Å². The van der Waals surface area contributed by atoms with Crippen molar-refractivity contribution < 1.29 is 4.79 Å². The Hall–Kier alpha value is -3.21. The first-order valence-corrected chi connectivity index (χ1v) is 9.32. The second-order valence-corrected chi connectivity index (χ2v) is 6.54. The molecule has 0 N–H and O–H groups in total. The predicted octanol–water partition coefficient (Wildman–Crippen LogP) is 4.23. The number of para-hydroxylation sites is 2. The predicted molar refractivity (Wildman–Crippen MR) is 108 cm³/mol. The van der Waals surface area contributed by atoms with Gasteiger partial charge in [-0.2, -0.15) is 0 Å². The number of hydrogen-bond donors (Lipinski definition) is 0. The molecule has 3 aromatic rings. The summed E-state index contributed by atoms with van der Waals surface area (Å²) in [5, 5.41) is 0. The largest absolute Gasteiger partial charge is 0.310 e. The van der Waals surface area contributed by atoms with Crippen LogP contribution in [0.2, 0.25) is 0 Å². The summed E-state index contributed by atoms with van der Waals surface area (Å²) in [5.41, 5.74) is 3.84. The van der Waals surface area contributed by atoms with E-state index < -0.39 is 0 Å². The van der Waals surface area contributed by atoms with Crippen LogP contribution in [0.15, 0.2) is 67.0 Å². The van der Waals surface area contributed by atoms with Crippen LogP contribution in [0, 0.1) is 0 Å². The summed E-state index contributed by atoms with van der Waals surface area (Å²) in [6.45, 7) is 3.43. The average Bonchev–Trinajstić information content (AvgIpc) is 2.75. The van der Waals surface area contributed by atoms with Crippen LogP contribution in [-0.2, 0) is 6.42 Å². The minimum Gasteiger partial charge on any atom is -0.310 e. The van der Waals surface area contributed by atoms with E-state index >= 15 is 0 Å². The molecule has 1 aliphatic rings. The molecule has 0 saturated carbocycles. The van der Waals surface area contributed by atoms with Crippen molar-refractivity contribution in [3.8, 4) is 0 Å². The van der Waals surface area contributed by atoms with Crippen molar-refractivity contribution in [3.05, 3.63) is 78.1 Å². The second kappa shape index (κ2) is 7.58. The van der Waals surface area contributed by atoms with Crippen LogP contribution in [0.1, 0.15) is 29.3 Å². The van der Waals surface area contributed by atoms with Gasteiger partial charge in [0.05, 0.1) is 5.56 Å². The summed E-state index contributed by atoms with van der Waals surface area (Å²) in [7, 11) is 0. The van der Waals surface area contributed by atoms with Crippen LogP contribution < -0.4 is 9.80 Å². The zero-order valence-corrected chi connectivity index (χ0v) is 15.4. The smallest absolute Gasteiger partial charge is 0.261 e. The van der Waals surface area contributed by atoms with Crippen molar-refractivity contribution in [2.45, 2.75) is 19.8 Å². The van der Waals surface area contributed by atoms with Gasteiger partial charge in [0.2, 0.25) is 5.95 Å². The molecule has 5 nitrogen and oxygen atoms in total. The molecule has 5 heteroatoms. The van der Waals surface area contributed by atoms with Crippen molar-refractivity contribution in [1.82, 2.24) is 9.97 Å². The van der Waals surface area contributed by atoms with E-state index in [1.807, 2.05) is 43.3 Å². The summed E-state index contributed by atoms with van der Waals surface area (Å²) in [4.78, 5) is 25.8. The number of carbonyl (C=O) groups is 1. The summed E-state index contributed by atoms with van der Waals surface area (Å²) in [6, 6.07) is 18.0. The quantitative estimate of drug-likeness (QED) is 0.700. The van der Waals surface area contributed by atoms with E-state index in [0.717, 1.165) is 30.8 Å². The average molecular weight is 358 g/mol. The van der Waals surface area contributed by atoms with E-state index in [4.69, 9.17) is 0 Å². The molecule has 0 fully saturated rings. The fraction of sp³-hybridized carbons (Fsp3) is 0.227. The van der Waals surface area contributed by atoms with E-state index in [2.05, 4.69) is 33.1 Å². The van der Waals surface area contributed by atoms with E-state index in [1.165, 1.54) is 5.56 Å². The van der Waals surface area contributed by atoms with Gasteiger partial charge in [0.25, 0.3) is 5.91 Å². The number of fused-ring (bicyclic) bond motifs is 1. The first kappa shape index (κ1) is 17.2. The van der Waals surface area contributed by atoms with Crippen molar-refractivity contribution in [2.24, 2.45) is 0 Å². The molecule has 2 heterocycles. The van der Waals surface area contributed by atoms with Crippen LogP contribution in [0.4, 0.5) is 17.3 Å². The SMILES string of the molecule is CCN(C(=O)c1cnc(N2CCCc3ccccc32)nc1)c1ccccc1. The van der Waals surface area contributed by atoms with Crippen LogP contribution in [0.25, 0.3) is 0 Å². The molecule has 0 atom stereocenters. The fourth-order valence-corrected chi connectivity index (χ4v) is 3.52. The molecular weight excluding hydrogens is 336 g/mol. The van der Waals surface area contributed by atoms with Gasteiger partial charge in [-0.25, -0.2) is 9.97 Å². The molecule has 0 aliphatic carbocycles. The second-order valence-electron chi connectivity index (χ2n) is 6.54. The summed E-state index contributed by atoms with van der Waals surface area (Å²) in [5.74, 6) is 0.552. The first-order chi connectivity index (χ1) is 13.3. The Morgan fingerprint density at radius 3 is 2.48 bits per heavy atom. The monoisotopic (exact) mass is 358 g/mol. The van der Waals surface area contributed by atoms with Crippen LogP contribution in [-0.4, -0.2) is 29.0 Å². The number of benzene rings is 2. The number of rotatable bonds is 4. The highest BCUT2D eigenvalue weighted by Gasteiger charge is 2.21. The minimum atomic E-state index is -0.0886. The van der Waals surface area contributed by atoms with Gasteiger partial charge >= 0.3 is 0 Å². The molecule has 2 aromatic carbocycles. The van der Waals surface area contributed by atoms with E-state index in [1.54, 1.807) is 17.3 Å². The highest BCUT2D eigenvalue weighted by atomic mass is 16.2. The van der Waals surface area contributed by atoms with Crippen molar-refractivity contribution in [3.63, 3.8) is 0 Å². The molecule has 0 bridgehead atoms. The summed E-state index contributed by atoms with van der Waals surface area (Å²) >= 11 is 0. The highest BCUT2D eigenvalue weighted by molar-refractivity contribution is 6.05. The number of nitrogens with zero attached hydrogens (tertiary/aromatic N) is 4. The third-order valence-electron chi connectivity index (χ3n) is 4.87. The Balaban J connectivity index is 1.59. The van der Waals surface area contributed by atoms with Gasteiger partial charge in [-0.15, -0.1) is 0 Å². The van der Waals surface area contributed by atoms with Crippen LogP contribution in [0.3, 0.4) is 0 Å². The third-order valence-corrected chi connectivity index (χ3v) is 4.87. The standard InChI is InChI=1S/C22H22N4O/c1-2-25(19-11-4-3-5-12-19)21(27)18-15-23-22(24-16-18)26-14-8-10-17-9-6-7-13-20(17)26/h3-7,9,11-13,15-16H,2,8,10,14H2,1H3. The molecule has 4 rings (SSSR count). The Bertz CT molecular complexity index is 925. The molecule has 27 heavy (non-hydrogen) atoms. The highest BCUT2D eigenvalue weighted by Crippen LogP contribution is 2.31. The molecule has 0 spiro atoms. The van der Waals surface area contributed by atoms with Crippen LogP contribution in [0.5, 0.6) is 0 Å². The Morgan fingerprint density at radius 2 is 1.74 bits per heavy atom.